The van der Waals surface area contributed by atoms with Gasteiger partial charge >= 0.3 is 0 Å². The average Bonchev–Trinajstić information content (AvgIpc) is 3.03. The van der Waals surface area contributed by atoms with Crippen LogP contribution < -0.4 is 5.56 Å². The lowest BCUT2D eigenvalue weighted by Crippen LogP contribution is -2.20. The maximum Gasteiger partial charge on any atom is 0.260 e. The topological polar surface area (TPSA) is 52.2 Å². The molecule has 0 fully saturated rings. The Morgan fingerprint density at radius 3 is 2.68 bits per heavy atom. The number of pyridine rings is 3. The van der Waals surface area contributed by atoms with Crippen molar-refractivity contribution in [3.05, 3.63) is 76.4 Å². The molecule has 0 aliphatic rings. The van der Waals surface area contributed by atoms with E-state index in [9.17, 15) is 4.79 Å². The summed E-state index contributed by atoms with van der Waals surface area (Å²) in [7, 11) is -1.51. The number of aryl methyl sites for hydroxylation is 1. The van der Waals surface area contributed by atoms with E-state index in [1.807, 2.05) is 48.1 Å². The Morgan fingerprint density at radius 2 is 1.89 bits per heavy atom. The highest BCUT2D eigenvalue weighted by Gasteiger charge is 2.11. The Balaban J connectivity index is 1.75. The van der Waals surface area contributed by atoms with Gasteiger partial charge in [0.1, 0.15) is 13.7 Å². The second-order valence-electron chi connectivity index (χ2n) is 8.10. The van der Waals surface area contributed by atoms with Gasteiger partial charge in [-0.2, -0.15) is 0 Å². The van der Waals surface area contributed by atoms with Crippen LogP contribution in [0.2, 0.25) is 19.6 Å². The highest BCUT2D eigenvalue weighted by Crippen LogP contribution is 2.14. The Labute approximate surface area is 164 Å². The first-order valence-electron chi connectivity index (χ1n) is 9.25. The molecule has 0 atom stereocenters. The molecule has 4 aromatic heterocycles. The zero-order valence-electron chi connectivity index (χ0n) is 16.5. The van der Waals surface area contributed by atoms with Crippen LogP contribution in [0.3, 0.4) is 0 Å². The van der Waals surface area contributed by atoms with Gasteiger partial charge in [0, 0.05) is 36.4 Å². The van der Waals surface area contributed by atoms with Crippen LogP contribution in [0, 0.1) is 18.4 Å². The van der Waals surface area contributed by atoms with Crippen molar-refractivity contribution < 1.29 is 0 Å². The number of hydrogen-bond acceptors (Lipinski definition) is 3. The van der Waals surface area contributed by atoms with E-state index >= 15 is 0 Å². The third-order valence-corrected chi connectivity index (χ3v) is 5.33. The van der Waals surface area contributed by atoms with Crippen molar-refractivity contribution in [1.29, 1.82) is 0 Å². The van der Waals surface area contributed by atoms with Crippen molar-refractivity contribution in [2.24, 2.45) is 0 Å². The first kappa shape index (κ1) is 18.2. The SMILES string of the molecule is Cc1ccc2nc(Cn3ccc4c(C#C[Si](C)(C)C)cncc4c3=O)cn2c1. The van der Waals surface area contributed by atoms with Gasteiger partial charge < -0.3 is 8.97 Å². The van der Waals surface area contributed by atoms with E-state index in [0.717, 1.165) is 27.9 Å². The third kappa shape index (κ3) is 3.62. The minimum Gasteiger partial charge on any atom is -0.309 e. The highest BCUT2D eigenvalue weighted by molar-refractivity contribution is 6.83. The molecule has 0 aliphatic heterocycles. The molecular formula is C22H22N4OSi. The first-order valence-corrected chi connectivity index (χ1v) is 12.7. The fourth-order valence-corrected chi connectivity index (χ4v) is 3.60. The smallest absolute Gasteiger partial charge is 0.260 e. The number of nitrogens with zero attached hydrogens (tertiary/aromatic N) is 4. The molecule has 0 aromatic carbocycles. The zero-order valence-corrected chi connectivity index (χ0v) is 17.5. The van der Waals surface area contributed by atoms with Crippen molar-refractivity contribution in [2.45, 2.75) is 33.1 Å². The lowest BCUT2D eigenvalue weighted by molar-refractivity contribution is 0.752. The van der Waals surface area contributed by atoms with Crippen LogP contribution in [0.1, 0.15) is 16.8 Å². The van der Waals surface area contributed by atoms with E-state index in [1.54, 1.807) is 17.0 Å². The van der Waals surface area contributed by atoms with Gasteiger partial charge in [-0.25, -0.2) is 4.98 Å². The summed E-state index contributed by atoms with van der Waals surface area (Å²) in [6, 6.07) is 5.96. The van der Waals surface area contributed by atoms with Gasteiger partial charge in [0.15, 0.2) is 0 Å². The Morgan fingerprint density at radius 1 is 1.07 bits per heavy atom. The van der Waals surface area contributed by atoms with Crippen molar-refractivity contribution in [3.63, 3.8) is 0 Å². The summed E-state index contributed by atoms with van der Waals surface area (Å²) in [5.41, 5.74) is 6.97. The summed E-state index contributed by atoms with van der Waals surface area (Å²) in [4.78, 5) is 21.9. The monoisotopic (exact) mass is 386 g/mol. The normalized spacial score (nSPS) is 11.6. The molecule has 0 spiro atoms. The van der Waals surface area contributed by atoms with Crippen LogP contribution in [0.5, 0.6) is 0 Å². The molecule has 4 heterocycles. The van der Waals surface area contributed by atoms with Crippen LogP contribution in [0.4, 0.5) is 0 Å². The maximum atomic E-state index is 13.0. The lowest BCUT2D eigenvalue weighted by atomic mass is 10.1. The fourth-order valence-electron chi connectivity index (χ4n) is 3.09. The van der Waals surface area contributed by atoms with E-state index in [1.165, 1.54) is 0 Å². The number of imidazole rings is 1. The van der Waals surface area contributed by atoms with Gasteiger partial charge in [0.05, 0.1) is 23.2 Å². The summed E-state index contributed by atoms with van der Waals surface area (Å²) in [5, 5.41) is 1.44. The van der Waals surface area contributed by atoms with Gasteiger partial charge in [-0.3, -0.25) is 9.78 Å². The van der Waals surface area contributed by atoms with Crippen molar-refractivity contribution in [2.75, 3.05) is 0 Å². The predicted octanol–water partition coefficient (Wildman–Crippen LogP) is 3.63. The molecule has 5 nitrogen and oxygen atoms in total. The quantitative estimate of drug-likeness (QED) is 0.390. The largest absolute Gasteiger partial charge is 0.309 e. The number of hydrogen-bond donors (Lipinski definition) is 0. The van der Waals surface area contributed by atoms with Crippen LogP contribution in [-0.4, -0.2) is 27.0 Å². The first-order chi connectivity index (χ1) is 13.3. The van der Waals surface area contributed by atoms with Gasteiger partial charge in [-0.05, 0) is 24.6 Å². The van der Waals surface area contributed by atoms with E-state index in [0.29, 0.717) is 11.9 Å². The van der Waals surface area contributed by atoms with Gasteiger partial charge in [-0.1, -0.05) is 31.6 Å². The minimum absolute atomic E-state index is 0.0742. The second kappa shape index (κ2) is 6.77. The van der Waals surface area contributed by atoms with Gasteiger partial charge in [-0.15, -0.1) is 5.54 Å². The molecule has 4 rings (SSSR count). The molecule has 0 bridgehead atoms. The Kier molecular flexibility index (Phi) is 4.40. The van der Waals surface area contributed by atoms with Crippen LogP contribution in [-0.2, 0) is 6.54 Å². The lowest BCUT2D eigenvalue weighted by Gasteiger charge is -2.07. The molecule has 6 heteroatoms. The predicted molar refractivity (Wildman–Crippen MR) is 115 cm³/mol. The molecule has 0 unspecified atom stereocenters. The maximum absolute atomic E-state index is 13.0. The van der Waals surface area contributed by atoms with E-state index in [2.05, 4.69) is 41.1 Å². The number of aromatic nitrogens is 4. The zero-order chi connectivity index (χ0) is 19.9. The number of rotatable bonds is 2. The van der Waals surface area contributed by atoms with E-state index < -0.39 is 8.07 Å². The number of fused-ring (bicyclic) bond motifs is 2. The van der Waals surface area contributed by atoms with E-state index in [4.69, 9.17) is 0 Å². The molecule has 0 amide bonds. The molecule has 0 saturated heterocycles. The summed E-state index contributed by atoms with van der Waals surface area (Å²) < 4.78 is 3.66. The van der Waals surface area contributed by atoms with Crippen LogP contribution in [0.25, 0.3) is 16.4 Å². The summed E-state index contributed by atoms with van der Waals surface area (Å²) >= 11 is 0. The summed E-state index contributed by atoms with van der Waals surface area (Å²) in [6.45, 7) is 9.05. The summed E-state index contributed by atoms with van der Waals surface area (Å²) in [5.74, 6) is 3.23. The Hall–Kier alpha value is -3.17. The molecule has 4 aromatic rings. The molecule has 0 N–H and O–H groups in total. The fraction of sp³-hybridized carbons (Fsp3) is 0.227. The summed E-state index contributed by atoms with van der Waals surface area (Å²) in [6.07, 6.45) is 9.18. The molecule has 140 valence electrons. The molecule has 0 aliphatic carbocycles. The van der Waals surface area contributed by atoms with Crippen LogP contribution >= 0.6 is 0 Å². The Bertz CT molecular complexity index is 1320. The van der Waals surface area contributed by atoms with E-state index in [-0.39, 0.29) is 5.56 Å². The highest BCUT2D eigenvalue weighted by atomic mass is 28.3. The standard InChI is InChI=1S/C22H22N4OSi/c1-16-5-6-21-24-18(15-26(21)13-16)14-25-9-7-19-17(8-10-28(2,3)4)11-23-12-20(19)22(25)27/h5-7,9,11-13,15H,14H2,1-4H3. The van der Waals surface area contributed by atoms with Gasteiger partial charge in [0.25, 0.3) is 5.56 Å². The molecule has 28 heavy (non-hydrogen) atoms. The average molecular weight is 387 g/mol. The molecular weight excluding hydrogens is 364 g/mol. The third-order valence-electron chi connectivity index (χ3n) is 4.45. The van der Waals surface area contributed by atoms with Crippen LogP contribution in [0.15, 0.2) is 54.0 Å². The minimum atomic E-state index is -1.51. The van der Waals surface area contributed by atoms with Crippen molar-refractivity contribution in [1.82, 2.24) is 18.9 Å². The van der Waals surface area contributed by atoms with Gasteiger partial charge in [0.2, 0.25) is 0 Å². The van der Waals surface area contributed by atoms with Crippen molar-refractivity contribution >= 4 is 24.5 Å². The molecule has 0 radical (unpaired) electrons. The second-order valence-corrected chi connectivity index (χ2v) is 12.9. The molecule has 0 saturated carbocycles. The van der Waals surface area contributed by atoms with Crippen molar-refractivity contribution in [3.8, 4) is 11.5 Å².